The molecule has 0 saturated carbocycles. The van der Waals surface area contributed by atoms with E-state index in [9.17, 15) is 9.59 Å². The van der Waals surface area contributed by atoms with Crippen LogP contribution < -0.4 is 11.1 Å². The molecule has 0 spiro atoms. The van der Waals surface area contributed by atoms with Crippen LogP contribution >= 0.6 is 23.2 Å². The van der Waals surface area contributed by atoms with E-state index in [4.69, 9.17) is 34.0 Å². The van der Waals surface area contributed by atoms with Crippen molar-refractivity contribution in [1.82, 2.24) is 5.32 Å². The summed E-state index contributed by atoms with van der Waals surface area (Å²) in [4.78, 5) is 23.2. The number of nitrogens with one attached hydrogen (secondary N) is 1. The lowest BCUT2D eigenvalue weighted by molar-refractivity contribution is -0.138. The maximum Gasteiger partial charge on any atom is 0.327 e. The second-order valence-corrected chi connectivity index (χ2v) is 5.60. The standard InChI is InChI=1S/C16H14Cl2N2O3/c17-11-6-10(9-4-2-1-3-5-9)7-12(18)14(11)15(21)20-13(8-19)16(22)23/h1-7,13H,8,19H2,(H,20,21)(H,22,23)/t13-/m0/s1. The smallest absolute Gasteiger partial charge is 0.327 e. The fourth-order valence-electron chi connectivity index (χ4n) is 2.04. The van der Waals surface area contributed by atoms with E-state index in [0.717, 1.165) is 11.1 Å². The first-order chi connectivity index (χ1) is 10.9. The summed E-state index contributed by atoms with van der Waals surface area (Å²) >= 11 is 12.3. The topological polar surface area (TPSA) is 92.4 Å². The van der Waals surface area contributed by atoms with Gasteiger partial charge in [0.25, 0.3) is 5.91 Å². The molecule has 0 heterocycles. The van der Waals surface area contributed by atoms with Crippen LogP contribution in [0.2, 0.25) is 10.0 Å². The minimum Gasteiger partial charge on any atom is -0.480 e. The Kier molecular flexibility index (Phi) is 5.60. The molecule has 120 valence electrons. The summed E-state index contributed by atoms with van der Waals surface area (Å²) in [5.41, 5.74) is 6.99. The lowest BCUT2D eigenvalue weighted by Crippen LogP contribution is -2.45. The Morgan fingerprint density at radius 2 is 1.65 bits per heavy atom. The number of halogens is 2. The van der Waals surface area contributed by atoms with Crippen LogP contribution in [0.15, 0.2) is 42.5 Å². The van der Waals surface area contributed by atoms with Gasteiger partial charge in [0.1, 0.15) is 6.04 Å². The third kappa shape index (κ3) is 4.01. The number of carbonyl (C=O) groups excluding carboxylic acids is 1. The number of hydrogen-bond acceptors (Lipinski definition) is 3. The molecule has 1 atom stereocenters. The molecule has 0 bridgehead atoms. The highest BCUT2D eigenvalue weighted by molar-refractivity contribution is 6.40. The number of carboxylic acid groups (broad SMARTS) is 1. The van der Waals surface area contributed by atoms with Gasteiger partial charge in [0, 0.05) is 6.54 Å². The summed E-state index contributed by atoms with van der Waals surface area (Å²) in [6, 6.07) is 11.4. The Labute approximate surface area is 143 Å². The van der Waals surface area contributed by atoms with E-state index in [1.165, 1.54) is 0 Å². The van der Waals surface area contributed by atoms with Crippen LogP contribution in [0.3, 0.4) is 0 Å². The molecule has 0 aliphatic heterocycles. The molecule has 0 fully saturated rings. The summed E-state index contributed by atoms with van der Waals surface area (Å²) < 4.78 is 0. The molecule has 1 amide bonds. The predicted octanol–water partition coefficient (Wildman–Crippen LogP) is 2.80. The first kappa shape index (κ1) is 17.3. The Morgan fingerprint density at radius 3 is 2.13 bits per heavy atom. The lowest BCUT2D eigenvalue weighted by atomic mass is 10.0. The molecule has 0 aliphatic carbocycles. The van der Waals surface area contributed by atoms with Crippen molar-refractivity contribution >= 4 is 35.1 Å². The van der Waals surface area contributed by atoms with E-state index in [0.29, 0.717) is 0 Å². The number of hydrogen-bond donors (Lipinski definition) is 3. The normalized spacial score (nSPS) is 11.8. The van der Waals surface area contributed by atoms with Gasteiger partial charge in [0.05, 0.1) is 15.6 Å². The Hall–Kier alpha value is -2.08. The van der Waals surface area contributed by atoms with Crippen molar-refractivity contribution in [2.75, 3.05) is 6.54 Å². The third-order valence-electron chi connectivity index (χ3n) is 3.22. The number of rotatable bonds is 5. The number of amides is 1. The average Bonchev–Trinajstić information content (AvgIpc) is 2.52. The molecule has 0 aromatic heterocycles. The second-order valence-electron chi connectivity index (χ2n) is 4.78. The zero-order chi connectivity index (χ0) is 17.0. The van der Waals surface area contributed by atoms with E-state index in [1.807, 2.05) is 30.3 Å². The second kappa shape index (κ2) is 7.46. The van der Waals surface area contributed by atoms with Gasteiger partial charge in [-0.15, -0.1) is 0 Å². The molecule has 2 aromatic rings. The summed E-state index contributed by atoms with van der Waals surface area (Å²) in [5.74, 6) is -1.91. The van der Waals surface area contributed by atoms with Gasteiger partial charge < -0.3 is 16.2 Å². The number of carboxylic acids is 1. The molecule has 2 aromatic carbocycles. The van der Waals surface area contributed by atoms with Crippen molar-refractivity contribution < 1.29 is 14.7 Å². The maximum atomic E-state index is 12.2. The first-order valence-electron chi connectivity index (χ1n) is 6.72. The van der Waals surface area contributed by atoms with Crippen LogP contribution in [0.25, 0.3) is 11.1 Å². The van der Waals surface area contributed by atoms with Crippen molar-refractivity contribution in [3.63, 3.8) is 0 Å². The maximum absolute atomic E-state index is 12.2. The highest BCUT2D eigenvalue weighted by Gasteiger charge is 2.22. The van der Waals surface area contributed by atoms with E-state index >= 15 is 0 Å². The first-order valence-corrected chi connectivity index (χ1v) is 7.47. The van der Waals surface area contributed by atoms with Crippen LogP contribution in [0.4, 0.5) is 0 Å². The van der Waals surface area contributed by atoms with Gasteiger partial charge in [0.2, 0.25) is 0 Å². The fraction of sp³-hybridized carbons (Fsp3) is 0.125. The van der Waals surface area contributed by atoms with Crippen LogP contribution in [-0.4, -0.2) is 29.6 Å². The average molecular weight is 353 g/mol. The van der Waals surface area contributed by atoms with Gasteiger partial charge in [-0.25, -0.2) is 4.79 Å². The molecule has 0 aliphatic rings. The van der Waals surface area contributed by atoms with Crippen molar-refractivity contribution in [3.8, 4) is 11.1 Å². The fourth-order valence-corrected chi connectivity index (χ4v) is 2.70. The van der Waals surface area contributed by atoms with Gasteiger partial charge >= 0.3 is 5.97 Å². The summed E-state index contributed by atoms with van der Waals surface area (Å²) in [5, 5.41) is 11.5. The van der Waals surface area contributed by atoms with Gasteiger partial charge in [0.15, 0.2) is 0 Å². The lowest BCUT2D eigenvalue weighted by Gasteiger charge is -2.14. The number of benzene rings is 2. The summed E-state index contributed by atoms with van der Waals surface area (Å²) in [6.45, 7) is -0.238. The van der Waals surface area contributed by atoms with Gasteiger partial charge in [-0.1, -0.05) is 53.5 Å². The van der Waals surface area contributed by atoms with Crippen LogP contribution in [-0.2, 0) is 4.79 Å². The Morgan fingerprint density at radius 1 is 1.09 bits per heavy atom. The minimum atomic E-state index is -1.23. The number of aliphatic carboxylic acids is 1. The van der Waals surface area contributed by atoms with Crippen molar-refractivity contribution in [2.24, 2.45) is 5.73 Å². The summed E-state index contributed by atoms with van der Waals surface area (Å²) in [7, 11) is 0. The summed E-state index contributed by atoms with van der Waals surface area (Å²) in [6.07, 6.45) is 0. The highest BCUT2D eigenvalue weighted by atomic mass is 35.5. The Bertz CT molecular complexity index is 712. The molecule has 0 saturated heterocycles. The molecule has 7 heteroatoms. The van der Waals surface area contributed by atoms with Gasteiger partial charge in [-0.3, -0.25) is 4.79 Å². The zero-order valence-corrected chi connectivity index (χ0v) is 13.4. The molecular weight excluding hydrogens is 339 g/mol. The van der Waals surface area contributed by atoms with Crippen LogP contribution in [0.5, 0.6) is 0 Å². The van der Waals surface area contributed by atoms with E-state index in [2.05, 4.69) is 5.32 Å². The SMILES string of the molecule is NC[C@H](NC(=O)c1c(Cl)cc(-c2ccccc2)cc1Cl)C(=O)O. The quantitative estimate of drug-likeness (QED) is 0.771. The molecule has 2 rings (SSSR count). The minimum absolute atomic E-state index is 0.0210. The number of carbonyl (C=O) groups is 2. The molecule has 5 nitrogen and oxygen atoms in total. The van der Waals surface area contributed by atoms with Crippen LogP contribution in [0.1, 0.15) is 10.4 Å². The van der Waals surface area contributed by atoms with Crippen molar-refractivity contribution in [1.29, 1.82) is 0 Å². The monoisotopic (exact) mass is 352 g/mol. The van der Waals surface area contributed by atoms with E-state index in [-0.39, 0.29) is 22.2 Å². The third-order valence-corrected chi connectivity index (χ3v) is 3.81. The van der Waals surface area contributed by atoms with E-state index < -0.39 is 17.9 Å². The van der Waals surface area contributed by atoms with E-state index in [1.54, 1.807) is 12.1 Å². The molecule has 0 radical (unpaired) electrons. The van der Waals surface area contributed by atoms with Gasteiger partial charge in [-0.2, -0.15) is 0 Å². The number of nitrogens with two attached hydrogens (primary N) is 1. The highest BCUT2D eigenvalue weighted by Crippen LogP contribution is 2.31. The van der Waals surface area contributed by atoms with Gasteiger partial charge in [-0.05, 0) is 23.3 Å². The molecular formula is C16H14Cl2N2O3. The molecule has 4 N–H and O–H groups in total. The predicted molar refractivity (Wildman–Crippen MR) is 89.8 cm³/mol. The van der Waals surface area contributed by atoms with Crippen LogP contribution in [0, 0.1) is 0 Å². The molecule has 0 unspecified atom stereocenters. The van der Waals surface area contributed by atoms with Crippen molar-refractivity contribution in [3.05, 3.63) is 58.1 Å². The molecule has 23 heavy (non-hydrogen) atoms. The Balaban J connectivity index is 2.34. The zero-order valence-electron chi connectivity index (χ0n) is 11.9. The van der Waals surface area contributed by atoms with Crippen molar-refractivity contribution in [2.45, 2.75) is 6.04 Å². The largest absolute Gasteiger partial charge is 0.480 e.